The molecule has 0 spiro atoms. The zero-order valence-corrected chi connectivity index (χ0v) is 13.4. The first-order valence-electron chi connectivity index (χ1n) is 6.30. The van der Waals surface area contributed by atoms with Crippen molar-refractivity contribution in [2.24, 2.45) is 10.7 Å². The number of benzene rings is 1. The molecule has 2 N–H and O–H groups in total. The van der Waals surface area contributed by atoms with Crippen LogP contribution >= 0.6 is 24.0 Å². The van der Waals surface area contributed by atoms with E-state index in [2.05, 4.69) is 4.99 Å². The zero-order valence-electron chi connectivity index (χ0n) is 11.8. The summed E-state index contributed by atoms with van der Waals surface area (Å²) in [6, 6.07) is 8.09. The number of hydrogen-bond acceptors (Lipinski definition) is 4. The standard InChI is InChI=1S/C14H18N2O2S2/c1-9-4-6-10(7-5-9)20-13(19)16-12(15)11-8-17-14(2,3)18-11/h4-7,11H,8H2,1-3H3,(H2,15,16,19)/t11-/m1/s1. The second-order valence-electron chi connectivity index (χ2n) is 5.04. The Morgan fingerprint density at radius 1 is 1.40 bits per heavy atom. The van der Waals surface area contributed by atoms with Gasteiger partial charge in [-0.15, -0.1) is 0 Å². The van der Waals surface area contributed by atoms with Crippen molar-refractivity contribution in [1.29, 1.82) is 0 Å². The van der Waals surface area contributed by atoms with E-state index in [1.807, 2.05) is 45.0 Å². The minimum Gasteiger partial charge on any atom is -0.385 e. The number of nitrogens with two attached hydrogens (primary N) is 1. The van der Waals surface area contributed by atoms with E-state index in [0.717, 1.165) is 4.90 Å². The molecule has 1 fully saturated rings. The normalized spacial score (nSPS) is 21.9. The molecule has 1 aromatic rings. The molecule has 1 aromatic carbocycles. The van der Waals surface area contributed by atoms with Crippen molar-refractivity contribution in [3.63, 3.8) is 0 Å². The Hall–Kier alpha value is -0.950. The van der Waals surface area contributed by atoms with Crippen molar-refractivity contribution >= 4 is 34.1 Å². The van der Waals surface area contributed by atoms with Gasteiger partial charge >= 0.3 is 0 Å². The highest BCUT2D eigenvalue weighted by Gasteiger charge is 2.34. The first-order valence-corrected chi connectivity index (χ1v) is 7.52. The Morgan fingerprint density at radius 2 is 2.05 bits per heavy atom. The van der Waals surface area contributed by atoms with Gasteiger partial charge in [0.15, 0.2) is 10.1 Å². The molecule has 1 saturated heterocycles. The molecule has 1 aliphatic rings. The van der Waals surface area contributed by atoms with Gasteiger partial charge in [0.1, 0.15) is 11.9 Å². The molecule has 0 amide bonds. The minimum atomic E-state index is -0.615. The molecule has 20 heavy (non-hydrogen) atoms. The maximum absolute atomic E-state index is 5.92. The van der Waals surface area contributed by atoms with E-state index in [-0.39, 0.29) is 6.10 Å². The van der Waals surface area contributed by atoms with Gasteiger partial charge in [-0.1, -0.05) is 41.7 Å². The summed E-state index contributed by atoms with van der Waals surface area (Å²) in [6.07, 6.45) is -0.332. The second kappa shape index (κ2) is 6.22. The molecular weight excluding hydrogens is 292 g/mol. The van der Waals surface area contributed by atoms with Crippen LogP contribution in [0.3, 0.4) is 0 Å². The molecule has 2 rings (SSSR count). The van der Waals surface area contributed by atoms with Gasteiger partial charge in [-0.05, 0) is 32.9 Å². The number of aliphatic imine (C=N–C) groups is 1. The molecule has 0 unspecified atom stereocenters. The number of amidine groups is 1. The number of hydrogen-bond donors (Lipinski definition) is 1. The number of aryl methyl sites for hydroxylation is 1. The fourth-order valence-electron chi connectivity index (χ4n) is 1.74. The van der Waals surface area contributed by atoms with E-state index >= 15 is 0 Å². The summed E-state index contributed by atoms with van der Waals surface area (Å²) >= 11 is 6.64. The number of nitrogens with zero attached hydrogens (tertiary/aromatic N) is 1. The predicted octanol–water partition coefficient (Wildman–Crippen LogP) is 2.88. The molecule has 0 radical (unpaired) electrons. The number of thiocarbonyl (C=S) groups is 1. The maximum Gasteiger partial charge on any atom is 0.166 e. The average Bonchev–Trinajstić information content (AvgIpc) is 2.73. The molecule has 1 atom stereocenters. The van der Waals surface area contributed by atoms with Gasteiger partial charge in [-0.25, -0.2) is 4.99 Å². The van der Waals surface area contributed by atoms with E-state index in [1.54, 1.807) is 0 Å². The Bertz CT molecular complexity index is 526. The summed E-state index contributed by atoms with van der Waals surface area (Å²) in [7, 11) is 0. The number of rotatable bonds is 2. The molecule has 0 aromatic heterocycles. The van der Waals surface area contributed by atoms with E-state index < -0.39 is 5.79 Å². The van der Waals surface area contributed by atoms with E-state index in [9.17, 15) is 0 Å². The lowest BCUT2D eigenvalue weighted by Crippen LogP contribution is -2.33. The highest BCUT2D eigenvalue weighted by Crippen LogP contribution is 2.24. The molecule has 4 nitrogen and oxygen atoms in total. The lowest BCUT2D eigenvalue weighted by molar-refractivity contribution is -0.131. The molecule has 0 aliphatic carbocycles. The molecule has 1 aliphatic heterocycles. The summed E-state index contributed by atoms with van der Waals surface area (Å²) in [5.41, 5.74) is 7.13. The van der Waals surface area contributed by atoms with Crippen LogP contribution in [0, 0.1) is 6.92 Å². The van der Waals surface area contributed by atoms with Gasteiger partial charge in [-0.3, -0.25) is 0 Å². The summed E-state index contributed by atoms with van der Waals surface area (Å²) in [5, 5.41) is 0. The third-order valence-corrected chi connectivity index (χ3v) is 3.90. The van der Waals surface area contributed by atoms with Gasteiger partial charge in [0.05, 0.1) is 6.61 Å². The van der Waals surface area contributed by atoms with E-state index in [1.165, 1.54) is 17.3 Å². The first kappa shape index (κ1) is 15.4. The van der Waals surface area contributed by atoms with E-state index in [0.29, 0.717) is 16.8 Å². The van der Waals surface area contributed by atoms with Crippen LogP contribution in [-0.2, 0) is 9.47 Å². The predicted molar refractivity (Wildman–Crippen MR) is 86.2 cm³/mol. The third-order valence-electron chi connectivity index (χ3n) is 2.78. The summed E-state index contributed by atoms with van der Waals surface area (Å²) in [6.45, 7) is 6.14. The molecule has 0 bridgehead atoms. The Labute approximate surface area is 128 Å². The number of ether oxygens (including phenoxy) is 2. The monoisotopic (exact) mass is 310 g/mol. The first-order chi connectivity index (χ1) is 9.35. The summed E-state index contributed by atoms with van der Waals surface area (Å²) < 4.78 is 11.6. The Balaban J connectivity index is 1.96. The van der Waals surface area contributed by atoms with Crippen LogP contribution in [0.4, 0.5) is 0 Å². The largest absolute Gasteiger partial charge is 0.385 e. The minimum absolute atomic E-state index is 0.332. The van der Waals surface area contributed by atoms with Crippen LogP contribution in [0.2, 0.25) is 0 Å². The van der Waals surface area contributed by atoms with Crippen molar-refractivity contribution in [3.8, 4) is 0 Å². The van der Waals surface area contributed by atoms with Gasteiger partial charge in [-0.2, -0.15) is 0 Å². The molecular formula is C14H18N2O2S2. The van der Waals surface area contributed by atoms with Gasteiger partial charge < -0.3 is 15.2 Å². The van der Waals surface area contributed by atoms with Gasteiger partial charge in [0.2, 0.25) is 0 Å². The average molecular weight is 310 g/mol. The maximum atomic E-state index is 5.92. The topological polar surface area (TPSA) is 56.8 Å². The Morgan fingerprint density at radius 3 is 2.60 bits per heavy atom. The summed E-state index contributed by atoms with van der Waals surface area (Å²) in [5.74, 6) is -0.253. The lowest BCUT2D eigenvalue weighted by Gasteiger charge is -2.16. The molecule has 108 valence electrons. The lowest BCUT2D eigenvalue weighted by atomic mass is 10.2. The van der Waals surface area contributed by atoms with Crippen LogP contribution in [0.1, 0.15) is 19.4 Å². The van der Waals surface area contributed by atoms with Crippen LogP contribution in [0.5, 0.6) is 0 Å². The SMILES string of the molecule is Cc1ccc(SC(=S)N=C(N)[C@H]2COC(C)(C)O2)cc1. The zero-order chi connectivity index (χ0) is 14.8. The summed E-state index contributed by atoms with van der Waals surface area (Å²) in [4.78, 5) is 5.27. The van der Waals surface area contributed by atoms with Crippen molar-refractivity contribution in [1.82, 2.24) is 0 Å². The van der Waals surface area contributed by atoms with Crippen molar-refractivity contribution in [2.75, 3.05) is 6.61 Å². The van der Waals surface area contributed by atoms with E-state index in [4.69, 9.17) is 27.4 Å². The molecule has 1 heterocycles. The second-order valence-corrected chi connectivity index (χ2v) is 6.74. The molecule has 6 heteroatoms. The van der Waals surface area contributed by atoms with Crippen LogP contribution in [0.25, 0.3) is 0 Å². The third kappa shape index (κ3) is 4.28. The van der Waals surface area contributed by atoms with Crippen LogP contribution in [-0.4, -0.2) is 28.7 Å². The van der Waals surface area contributed by atoms with Crippen LogP contribution < -0.4 is 5.73 Å². The highest BCUT2D eigenvalue weighted by molar-refractivity contribution is 8.23. The Kier molecular flexibility index (Phi) is 4.80. The number of thioether (sulfide) groups is 1. The van der Waals surface area contributed by atoms with Crippen LogP contribution in [0.15, 0.2) is 34.2 Å². The van der Waals surface area contributed by atoms with Crippen molar-refractivity contribution in [3.05, 3.63) is 29.8 Å². The van der Waals surface area contributed by atoms with Gasteiger partial charge in [0, 0.05) is 4.90 Å². The fraction of sp³-hybridized carbons (Fsp3) is 0.429. The quantitative estimate of drug-likeness (QED) is 0.394. The van der Waals surface area contributed by atoms with Gasteiger partial charge in [0.25, 0.3) is 0 Å². The fourth-order valence-corrected chi connectivity index (χ4v) is 2.76. The molecule has 0 saturated carbocycles. The van der Waals surface area contributed by atoms with Crippen molar-refractivity contribution < 1.29 is 9.47 Å². The smallest absolute Gasteiger partial charge is 0.166 e. The highest BCUT2D eigenvalue weighted by atomic mass is 32.2. The van der Waals surface area contributed by atoms with Crippen molar-refractivity contribution in [2.45, 2.75) is 37.6 Å².